The number of phosphoric acid groups is 1. The molecule has 0 aromatic rings. The highest BCUT2D eigenvalue weighted by Gasteiger charge is 2.32. The number of allylic oxidation sites excluding steroid dienone is 16. The summed E-state index contributed by atoms with van der Waals surface area (Å²) in [6.07, 6.45) is 72.1. The fraction of sp³-hybridized carbons (Fsp3) is 0.730. The number of carbonyl (C=O) groups is 1. The molecule has 0 aromatic carbocycles. The Balaban J connectivity index is 4.12. The maximum Gasteiger partial charge on any atom is 0.472 e. The fourth-order valence-corrected chi connectivity index (χ4v) is 9.01. The van der Waals surface area contributed by atoms with Crippen LogP contribution < -0.4 is 5.32 Å². The zero-order valence-corrected chi connectivity index (χ0v) is 48.6. The molecule has 0 bridgehead atoms. The molecule has 0 aliphatic carbocycles. The van der Waals surface area contributed by atoms with Crippen molar-refractivity contribution in [2.75, 3.05) is 40.9 Å². The van der Waals surface area contributed by atoms with Crippen molar-refractivity contribution in [2.45, 2.75) is 257 Å². The number of likely N-dealkylation sites (N-methyl/N-ethyl adjacent to an activating group) is 1. The predicted molar refractivity (Wildman–Crippen MR) is 315 cm³/mol. The van der Waals surface area contributed by atoms with Crippen molar-refractivity contribution in [1.82, 2.24) is 5.32 Å². The zero-order valence-electron chi connectivity index (χ0n) is 47.7. The van der Waals surface area contributed by atoms with Crippen LogP contribution >= 0.6 is 7.82 Å². The van der Waals surface area contributed by atoms with E-state index in [1.807, 2.05) is 21.1 Å². The monoisotopic (exact) mass is 1040 g/mol. The van der Waals surface area contributed by atoms with Gasteiger partial charge in [-0.1, -0.05) is 252 Å². The summed E-state index contributed by atoms with van der Waals surface area (Å²) in [6.45, 7) is 4.49. The van der Waals surface area contributed by atoms with Crippen LogP contribution in [0.1, 0.15) is 239 Å². The molecule has 422 valence electrons. The molecular weight excluding hydrogens is 928 g/mol. The lowest BCUT2D eigenvalue weighted by Crippen LogP contribution is -2.51. The van der Waals surface area contributed by atoms with Gasteiger partial charge in [0.15, 0.2) is 0 Å². The van der Waals surface area contributed by atoms with Crippen molar-refractivity contribution in [1.29, 1.82) is 0 Å². The van der Waals surface area contributed by atoms with Gasteiger partial charge in [0.05, 0.1) is 39.9 Å². The number of rotatable bonds is 53. The number of amides is 1. The molecule has 0 fully saturated rings. The van der Waals surface area contributed by atoms with Gasteiger partial charge in [0.1, 0.15) is 19.3 Å². The van der Waals surface area contributed by atoms with E-state index in [-0.39, 0.29) is 18.9 Å². The largest absolute Gasteiger partial charge is 0.472 e. The van der Waals surface area contributed by atoms with Gasteiger partial charge in [-0.3, -0.25) is 13.8 Å². The second-order valence-electron chi connectivity index (χ2n) is 21.1. The summed E-state index contributed by atoms with van der Waals surface area (Å²) in [6, 6.07) is -1.04. The molecule has 0 saturated heterocycles. The molecular formula is C63H114N2O7P+. The van der Waals surface area contributed by atoms with Crippen LogP contribution in [-0.4, -0.2) is 84.6 Å². The highest BCUT2D eigenvalue weighted by molar-refractivity contribution is 7.47. The van der Waals surface area contributed by atoms with Crippen LogP contribution in [0.5, 0.6) is 0 Å². The van der Waals surface area contributed by atoms with Crippen LogP contribution in [0.25, 0.3) is 0 Å². The lowest BCUT2D eigenvalue weighted by atomic mass is 9.99. The molecule has 4 unspecified atom stereocenters. The maximum absolute atomic E-state index is 13.0. The van der Waals surface area contributed by atoms with Gasteiger partial charge < -0.3 is 24.9 Å². The third kappa shape index (κ3) is 54.0. The third-order valence-corrected chi connectivity index (χ3v) is 13.9. The number of hydrogen-bond acceptors (Lipinski definition) is 6. The summed E-state index contributed by atoms with van der Waals surface area (Å²) in [7, 11) is 1.43. The number of nitrogens with one attached hydrogen (secondary N) is 1. The standard InChI is InChI=1S/C63H113N2O7P/c1-6-8-10-12-14-16-18-20-21-22-23-24-25-26-27-28-29-30-31-32-33-34-35-36-37-38-39-40-41-42-43-44-46-48-50-52-54-56-62(67)64-60(59-72-73(69,70)71-58-57-65(3,4)5)63(68)61(66)55-53-51-49-47-45-19-17-15-13-11-9-7-2/h8,10,14,16,20-21,23-24,26-27,29-30,32-33,35-36,60-61,63,66,68H,6-7,9,11-13,15,17-19,22,25,28,31,34,37-59H2,1-5H3,(H-,64,67,69,70)/p+1/b10-8-,16-14-,21-20-,24-23-,27-26-,30-29-,33-32-,36-35-. The van der Waals surface area contributed by atoms with Crippen LogP contribution in [0.15, 0.2) is 97.2 Å². The topological polar surface area (TPSA) is 125 Å². The van der Waals surface area contributed by atoms with E-state index in [0.717, 1.165) is 96.3 Å². The fourth-order valence-electron chi connectivity index (χ4n) is 8.28. The number of unbranched alkanes of at least 4 members (excludes halogenated alkanes) is 23. The van der Waals surface area contributed by atoms with Gasteiger partial charge in [-0.25, -0.2) is 4.57 Å². The second-order valence-corrected chi connectivity index (χ2v) is 22.6. The minimum atomic E-state index is -4.43. The minimum Gasteiger partial charge on any atom is -0.390 e. The van der Waals surface area contributed by atoms with Crippen molar-refractivity contribution in [3.05, 3.63) is 97.2 Å². The first-order chi connectivity index (χ1) is 35.4. The number of phosphoric ester groups is 1. The van der Waals surface area contributed by atoms with Crippen molar-refractivity contribution in [2.24, 2.45) is 0 Å². The molecule has 0 aromatic heterocycles. The van der Waals surface area contributed by atoms with Gasteiger partial charge in [0.25, 0.3) is 0 Å². The molecule has 10 heteroatoms. The van der Waals surface area contributed by atoms with Crippen molar-refractivity contribution >= 4 is 13.7 Å². The van der Waals surface area contributed by atoms with E-state index >= 15 is 0 Å². The highest BCUT2D eigenvalue weighted by atomic mass is 31.2. The van der Waals surface area contributed by atoms with Gasteiger partial charge in [-0.2, -0.15) is 0 Å². The van der Waals surface area contributed by atoms with Crippen LogP contribution in [0.4, 0.5) is 0 Å². The van der Waals surface area contributed by atoms with Crippen LogP contribution in [-0.2, 0) is 18.4 Å². The number of nitrogens with zero attached hydrogens (tertiary/aromatic N) is 1. The highest BCUT2D eigenvalue weighted by Crippen LogP contribution is 2.43. The molecule has 4 N–H and O–H groups in total. The van der Waals surface area contributed by atoms with Gasteiger partial charge in [0, 0.05) is 6.42 Å². The van der Waals surface area contributed by atoms with E-state index in [1.165, 1.54) is 116 Å². The Hall–Kier alpha value is -2.62. The lowest BCUT2D eigenvalue weighted by Gasteiger charge is -2.28. The summed E-state index contributed by atoms with van der Waals surface area (Å²) < 4.78 is 23.6. The predicted octanol–water partition coefficient (Wildman–Crippen LogP) is 17.2. The van der Waals surface area contributed by atoms with Crippen LogP contribution in [0, 0.1) is 0 Å². The van der Waals surface area contributed by atoms with E-state index in [2.05, 4.69) is 116 Å². The Bertz CT molecular complexity index is 1530. The summed E-state index contributed by atoms with van der Waals surface area (Å²) in [5, 5.41) is 24.8. The van der Waals surface area contributed by atoms with Crippen molar-refractivity contribution in [3.63, 3.8) is 0 Å². The number of quaternary nitrogens is 1. The summed E-state index contributed by atoms with van der Waals surface area (Å²) >= 11 is 0. The van der Waals surface area contributed by atoms with E-state index in [4.69, 9.17) is 9.05 Å². The first-order valence-corrected chi connectivity index (χ1v) is 31.2. The Morgan fingerprint density at radius 3 is 1.25 bits per heavy atom. The molecule has 4 atom stereocenters. The van der Waals surface area contributed by atoms with Crippen molar-refractivity contribution < 1.29 is 38.0 Å². The van der Waals surface area contributed by atoms with E-state index in [9.17, 15) is 24.5 Å². The third-order valence-electron chi connectivity index (χ3n) is 12.9. The molecule has 0 spiro atoms. The molecule has 73 heavy (non-hydrogen) atoms. The Kier molecular flexibility index (Phi) is 50.9. The zero-order chi connectivity index (χ0) is 53.6. The molecule has 0 radical (unpaired) electrons. The Morgan fingerprint density at radius 1 is 0.493 bits per heavy atom. The first kappa shape index (κ1) is 70.4. The Morgan fingerprint density at radius 2 is 0.849 bits per heavy atom. The maximum atomic E-state index is 13.0. The van der Waals surface area contributed by atoms with E-state index in [1.54, 1.807) is 0 Å². The molecule has 0 saturated carbocycles. The summed E-state index contributed by atoms with van der Waals surface area (Å²) in [5.41, 5.74) is 0. The Labute approximate surface area is 450 Å². The van der Waals surface area contributed by atoms with E-state index < -0.39 is 32.7 Å². The number of carbonyl (C=O) groups excluding carboxylic acids is 1. The van der Waals surface area contributed by atoms with Gasteiger partial charge in [-0.05, 0) is 77.0 Å². The quantitative estimate of drug-likeness (QED) is 0.0207. The summed E-state index contributed by atoms with van der Waals surface area (Å²) in [5.74, 6) is -0.263. The van der Waals surface area contributed by atoms with Crippen LogP contribution in [0.3, 0.4) is 0 Å². The molecule has 0 aliphatic rings. The lowest BCUT2D eigenvalue weighted by molar-refractivity contribution is -0.870. The van der Waals surface area contributed by atoms with Gasteiger partial charge in [0.2, 0.25) is 5.91 Å². The normalized spacial score (nSPS) is 15.0. The second kappa shape index (κ2) is 52.8. The molecule has 9 nitrogen and oxygen atoms in total. The number of hydrogen-bond donors (Lipinski definition) is 4. The smallest absolute Gasteiger partial charge is 0.390 e. The summed E-state index contributed by atoms with van der Waals surface area (Å²) in [4.78, 5) is 23.3. The van der Waals surface area contributed by atoms with Gasteiger partial charge >= 0.3 is 7.82 Å². The van der Waals surface area contributed by atoms with Gasteiger partial charge in [-0.15, -0.1) is 0 Å². The molecule has 1 amide bonds. The number of aliphatic hydroxyl groups is 2. The van der Waals surface area contributed by atoms with E-state index in [0.29, 0.717) is 17.4 Å². The average molecular weight is 1040 g/mol. The molecule has 0 rings (SSSR count). The minimum absolute atomic E-state index is 0.0181. The SMILES string of the molecule is CC/C=C\C/C=C\C/C=C\C/C=C\C/C=C\C/C=C\C/C=C\C/C=C\CCCCCCCCCCCCCCC(=O)NC(COP(=O)(O)OCC[N+](C)(C)C)C(O)C(O)CCCCCCCCCCCCCC. The number of aliphatic hydroxyl groups excluding tert-OH is 2. The van der Waals surface area contributed by atoms with Crippen LogP contribution in [0.2, 0.25) is 0 Å². The van der Waals surface area contributed by atoms with Crippen molar-refractivity contribution in [3.8, 4) is 0 Å². The average Bonchev–Trinajstić information content (AvgIpc) is 3.35. The molecule has 0 aliphatic heterocycles. The molecule has 0 heterocycles. The first-order valence-electron chi connectivity index (χ1n) is 29.7.